The molecule has 5 heteroatoms. The van der Waals surface area contributed by atoms with Crippen molar-refractivity contribution in [2.24, 2.45) is 5.92 Å². The van der Waals surface area contributed by atoms with E-state index >= 15 is 0 Å². The van der Waals surface area contributed by atoms with E-state index in [4.69, 9.17) is 0 Å². The molecule has 0 bridgehead atoms. The van der Waals surface area contributed by atoms with Crippen LogP contribution in [0.2, 0.25) is 0 Å². The number of nitrogens with zero attached hydrogens (tertiary/aromatic N) is 3. The average Bonchev–Trinajstić information content (AvgIpc) is 3.11. The molecule has 2 saturated heterocycles. The van der Waals surface area contributed by atoms with E-state index in [9.17, 15) is 9.59 Å². The van der Waals surface area contributed by atoms with Crippen LogP contribution in [-0.2, 0) is 9.59 Å². The summed E-state index contributed by atoms with van der Waals surface area (Å²) < 4.78 is 0. The van der Waals surface area contributed by atoms with Crippen LogP contribution in [0.3, 0.4) is 0 Å². The second-order valence-electron chi connectivity index (χ2n) is 7.58. The maximum Gasteiger partial charge on any atom is 0.225 e. The first-order chi connectivity index (χ1) is 11.5. The van der Waals surface area contributed by atoms with Gasteiger partial charge in [-0.15, -0.1) is 0 Å². The third-order valence-corrected chi connectivity index (χ3v) is 5.34. The SMILES string of the molecule is CCC(=O)N1CCC[C@H](N(CCCN2CCCC2)C(=O)C(C)C)C1. The summed E-state index contributed by atoms with van der Waals surface area (Å²) in [6.07, 6.45) is 6.24. The van der Waals surface area contributed by atoms with Crippen LogP contribution in [0.1, 0.15) is 59.3 Å². The van der Waals surface area contributed by atoms with Gasteiger partial charge in [-0.3, -0.25) is 9.59 Å². The van der Waals surface area contributed by atoms with Crippen LogP contribution < -0.4 is 0 Å². The summed E-state index contributed by atoms with van der Waals surface area (Å²) >= 11 is 0. The number of hydrogen-bond donors (Lipinski definition) is 0. The van der Waals surface area contributed by atoms with Gasteiger partial charge in [-0.25, -0.2) is 0 Å². The fourth-order valence-electron chi connectivity index (χ4n) is 3.93. The number of carbonyl (C=O) groups is 2. The highest BCUT2D eigenvalue weighted by Crippen LogP contribution is 2.19. The van der Waals surface area contributed by atoms with E-state index in [1.54, 1.807) is 0 Å². The monoisotopic (exact) mass is 337 g/mol. The third-order valence-electron chi connectivity index (χ3n) is 5.34. The Morgan fingerprint density at radius 3 is 2.46 bits per heavy atom. The molecule has 0 aromatic rings. The lowest BCUT2D eigenvalue weighted by molar-refractivity contribution is -0.141. The first-order valence-corrected chi connectivity index (χ1v) is 9.83. The van der Waals surface area contributed by atoms with E-state index in [1.165, 1.54) is 25.9 Å². The minimum Gasteiger partial charge on any atom is -0.341 e. The molecule has 138 valence electrons. The molecular weight excluding hydrogens is 302 g/mol. The number of hydrogen-bond acceptors (Lipinski definition) is 3. The van der Waals surface area contributed by atoms with Gasteiger partial charge >= 0.3 is 0 Å². The summed E-state index contributed by atoms with van der Waals surface area (Å²) in [5.74, 6) is 0.481. The number of amides is 2. The summed E-state index contributed by atoms with van der Waals surface area (Å²) in [6, 6.07) is 0.197. The van der Waals surface area contributed by atoms with Crippen LogP contribution in [0.15, 0.2) is 0 Å². The zero-order chi connectivity index (χ0) is 17.5. The number of carbonyl (C=O) groups excluding carboxylic acids is 2. The Kier molecular flexibility index (Phi) is 7.53. The largest absolute Gasteiger partial charge is 0.341 e. The molecule has 1 atom stereocenters. The van der Waals surface area contributed by atoms with Crippen LogP contribution in [0.25, 0.3) is 0 Å². The number of rotatable bonds is 7. The van der Waals surface area contributed by atoms with Gasteiger partial charge in [-0.2, -0.15) is 0 Å². The van der Waals surface area contributed by atoms with Gasteiger partial charge in [0, 0.05) is 38.0 Å². The lowest BCUT2D eigenvalue weighted by Crippen LogP contribution is -2.53. The molecule has 2 heterocycles. The zero-order valence-electron chi connectivity index (χ0n) is 15.8. The van der Waals surface area contributed by atoms with Gasteiger partial charge in [0.15, 0.2) is 0 Å². The van der Waals surface area contributed by atoms with Crippen LogP contribution in [0.4, 0.5) is 0 Å². The van der Waals surface area contributed by atoms with Crippen molar-refractivity contribution in [1.82, 2.24) is 14.7 Å². The molecule has 2 amide bonds. The molecule has 0 unspecified atom stereocenters. The van der Waals surface area contributed by atoms with Gasteiger partial charge in [-0.05, 0) is 51.7 Å². The molecule has 0 N–H and O–H groups in total. The third kappa shape index (κ3) is 5.20. The lowest BCUT2D eigenvalue weighted by atomic mass is 10.0. The molecule has 0 aromatic carbocycles. The average molecular weight is 338 g/mol. The summed E-state index contributed by atoms with van der Waals surface area (Å²) in [7, 11) is 0. The van der Waals surface area contributed by atoms with Gasteiger partial charge < -0.3 is 14.7 Å². The van der Waals surface area contributed by atoms with E-state index in [2.05, 4.69) is 9.80 Å². The highest BCUT2D eigenvalue weighted by Gasteiger charge is 2.30. The van der Waals surface area contributed by atoms with Crippen molar-refractivity contribution < 1.29 is 9.59 Å². The molecule has 0 saturated carbocycles. The standard InChI is InChI=1S/C19H35N3O2/c1-4-18(23)21-13-7-9-17(15-21)22(19(24)16(2)3)14-8-12-20-10-5-6-11-20/h16-17H,4-15H2,1-3H3/t17-/m0/s1. The normalized spacial score (nSPS) is 22.2. The zero-order valence-corrected chi connectivity index (χ0v) is 15.8. The molecule has 2 fully saturated rings. The van der Waals surface area contributed by atoms with E-state index < -0.39 is 0 Å². The van der Waals surface area contributed by atoms with Gasteiger partial charge in [0.2, 0.25) is 11.8 Å². The van der Waals surface area contributed by atoms with Gasteiger partial charge in [-0.1, -0.05) is 20.8 Å². The lowest BCUT2D eigenvalue weighted by Gasteiger charge is -2.40. The van der Waals surface area contributed by atoms with Crippen molar-refractivity contribution in [3.63, 3.8) is 0 Å². The highest BCUT2D eigenvalue weighted by atomic mass is 16.2. The minimum atomic E-state index is 0.0223. The predicted molar refractivity (Wildman–Crippen MR) is 96.7 cm³/mol. The van der Waals surface area contributed by atoms with Crippen molar-refractivity contribution in [2.45, 2.75) is 65.3 Å². The molecule has 0 aliphatic carbocycles. The molecule has 2 aliphatic rings. The van der Waals surface area contributed by atoms with Crippen LogP contribution in [0.5, 0.6) is 0 Å². The summed E-state index contributed by atoms with van der Waals surface area (Å²) in [4.78, 5) is 31.3. The van der Waals surface area contributed by atoms with E-state index in [1.807, 2.05) is 25.7 Å². The van der Waals surface area contributed by atoms with Crippen molar-refractivity contribution in [3.05, 3.63) is 0 Å². The van der Waals surface area contributed by atoms with Crippen molar-refractivity contribution in [3.8, 4) is 0 Å². The van der Waals surface area contributed by atoms with Gasteiger partial charge in [0.05, 0.1) is 0 Å². The Balaban J connectivity index is 1.93. The smallest absolute Gasteiger partial charge is 0.225 e. The Labute approximate surface area is 147 Å². The van der Waals surface area contributed by atoms with E-state index in [-0.39, 0.29) is 23.8 Å². The Morgan fingerprint density at radius 2 is 1.83 bits per heavy atom. The molecule has 0 spiro atoms. The topological polar surface area (TPSA) is 43.9 Å². The first-order valence-electron chi connectivity index (χ1n) is 9.83. The summed E-state index contributed by atoms with van der Waals surface area (Å²) in [5, 5.41) is 0. The van der Waals surface area contributed by atoms with Crippen LogP contribution in [-0.4, -0.2) is 71.8 Å². The minimum absolute atomic E-state index is 0.0223. The molecule has 0 radical (unpaired) electrons. The molecule has 2 aliphatic heterocycles. The highest BCUT2D eigenvalue weighted by molar-refractivity contribution is 5.79. The summed E-state index contributed by atoms with van der Waals surface area (Å²) in [5.41, 5.74) is 0. The first kappa shape index (κ1) is 19.2. The maximum atomic E-state index is 12.7. The van der Waals surface area contributed by atoms with Crippen molar-refractivity contribution in [1.29, 1.82) is 0 Å². The van der Waals surface area contributed by atoms with Gasteiger partial charge in [0.1, 0.15) is 0 Å². The fraction of sp³-hybridized carbons (Fsp3) is 0.895. The molecule has 5 nitrogen and oxygen atoms in total. The Morgan fingerprint density at radius 1 is 1.12 bits per heavy atom. The van der Waals surface area contributed by atoms with Crippen LogP contribution in [0, 0.1) is 5.92 Å². The quantitative estimate of drug-likeness (QED) is 0.716. The summed E-state index contributed by atoms with van der Waals surface area (Å²) in [6.45, 7) is 11.8. The number of likely N-dealkylation sites (tertiary alicyclic amines) is 2. The molecule has 2 rings (SSSR count). The van der Waals surface area contributed by atoms with Crippen molar-refractivity contribution >= 4 is 11.8 Å². The van der Waals surface area contributed by atoms with Crippen LogP contribution >= 0.6 is 0 Å². The van der Waals surface area contributed by atoms with Gasteiger partial charge in [0.25, 0.3) is 0 Å². The maximum absolute atomic E-state index is 12.7. The van der Waals surface area contributed by atoms with Crippen molar-refractivity contribution in [2.75, 3.05) is 39.3 Å². The second kappa shape index (κ2) is 9.40. The molecule has 24 heavy (non-hydrogen) atoms. The predicted octanol–water partition coefficient (Wildman–Crippen LogP) is 2.36. The molecule has 0 aromatic heterocycles. The Bertz CT molecular complexity index is 419. The second-order valence-corrected chi connectivity index (χ2v) is 7.58. The fourth-order valence-corrected chi connectivity index (χ4v) is 3.93. The van der Waals surface area contributed by atoms with E-state index in [0.29, 0.717) is 6.42 Å². The number of piperidine rings is 1. The Hall–Kier alpha value is -1.10. The van der Waals surface area contributed by atoms with E-state index in [0.717, 1.165) is 45.4 Å². The molecular formula is C19H35N3O2.